The lowest BCUT2D eigenvalue weighted by Crippen LogP contribution is -2.34. The van der Waals surface area contributed by atoms with Crippen LogP contribution in [0.1, 0.15) is 12.0 Å². The van der Waals surface area contributed by atoms with E-state index in [0.717, 1.165) is 5.56 Å². The Hall–Kier alpha value is -2.60. The van der Waals surface area contributed by atoms with Crippen molar-refractivity contribution in [3.8, 4) is 11.5 Å². The van der Waals surface area contributed by atoms with E-state index in [4.69, 9.17) is 14.6 Å². The fourth-order valence-corrected chi connectivity index (χ4v) is 2.71. The van der Waals surface area contributed by atoms with Crippen LogP contribution in [0, 0.1) is 5.82 Å². The third-order valence-corrected chi connectivity index (χ3v) is 4.06. The summed E-state index contributed by atoms with van der Waals surface area (Å²) in [6.07, 6.45) is 0.558. The quantitative estimate of drug-likeness (QED) is 0.873. The van der Waals surface area contributed by atoms with E-state index in [1.54, 1.807) is 41.3 Å². The van der Waals surface area contributed by atoms with Gasteiger partial charge in [-0.2, -0.15) is 0 Å². The van der Waals surface area contributed by atoms with Gasteiger partial charge in [0.1, 0.15) is 23.4 Å². The summed E-state index contributed by atoms with van der Waals surface area (Å²) in [5.41, 5.74) is 0.788. The number of benzene rings is 2. The van der Waals surface area contributed by atoms with Crippen LogP contribution in [-0.4, -0.2) is 41.7 Å². The lowest BCUT2D eigenvalue weighted by atomic mass is 10.2. The van der Waals surface area contributed by atoms with Crippen molar-refractivity contribution >= 4 is 5.91 Å². The Kier molecular flexibility index (Phi) is 5.50. The number of halogens is 1. The highest BCUT2D eigenvalue weighted by molar-refractivity contribution is 5.78. The molecule has 0 saturated carbocycles. The Bertz CT molecular complexity index is 720. The fraction of sp³-hybridized carbons (Fsp3) is 0.316. The first-order valence-corrected chi connectivity index (χ1v) is 8.16. The van der Waals surface area contributed by atoms with Gasteiger partial charge in [-0.25, -0.2) is 4.39 Å². The lowest BCUT2D eigenvalue weighted by molar-refractivity contribution is -0.132. The average Bonchev–Trinajstić information content (AvgIpc) is 3.08. The number of amides is 1. The van der Waals surface area contributed by atoms with Crippen molar-refractivity contribution in [3.05, 3.63) is 59.9 Å². The fourth-order valence-electron chi connectivity index (χ4n) is 2.71. The second kappa shape index (κ2) is 7.98. The number of nitrogens with zero attached hydrogens (tertiary/aromatic N) is 1. The third kappa shape index (κ3) is 4.70. The van der Waals surface area contributed by atoms with Gasteiger partial charge in [0.25, 0.3) is 5.91 Å². The Morgan fingerprint density at radius 2 is 2.00 bits per heavy atom. The monoisotopic (exact) mass is 345 g/mol. The minimum atomic E-state index is -0.343. The molecular formula is C19H20FNO4. The van der Waals surface area contributed by atoms with E-state index >= 15 is 0 Å². The Balaban J connectivity index is 1.47. The number of hydrogen-bond donors (Lipinski definition) is 1. The SMILES string of the molecule is O=C(COc1ccc(CO)cc1)N1CCC(Oc2cccc(F)c2)C1. The highest BCUT2D eigenvalue weighted by atomic mass is 19.1. The molecule has 2 aromatic rings. The van der Waals surface area contributed by atoms with E-state index in [2.05, 4.69) is 0 Å². The molecule has 25 heavy (non-hydrogen) atoms. The van der Waals surface area contributed by atoms with Gasteiger partial charge in [0.2, 0.25) is 0 Å². The molecule has 1 amide bonds. The molecule has 0 aliphatic carbocycles. The highest BCUT2D eigenvalue weighted by Crippen LogP contribution is 2.19. The van der Waals surface area contributed by atoms with Gasteiger partial charge in [0.15, 0.2) is 6.61 Å². The van der Waals surface area contributed by atoms with Crippen LogP contribution in [0.2, 0.25) is 0 Å². The zero-order valence-corrected chi connectivity index (χ0v) is 13.7. The van der Waals surface area contributed by atoms with Crippen molar-refractivity contribution in [1.82, 2.24) is 4.90 Å². The molecule has 1 aliphatic rings. The van der Waals surface area contributed by atoms with Crippen LogP contribution in [0.3, 0.4) is 0 Å². The van der Waals surface area contributed by atoms with Gasteiger partial charge in [0, 0.05) is 19.0 Å². The summed E-state index contributed by atoms with van der Waals surface area (Å²) in [6.45, 7) is 0.971. The number of ether oxygens (including phenoxy) is 2. The first kappa shape index (κ1) is 17.2. The van der Waals surface area contributed by atoms with Crippen LogP contribution in [0.4, 0.5) is 4.39 Å². The van der Waals surface area contributed by atoms with Crippen LogP contribution in [-0.2, 0) is 11.4 Å². The van der Waals surface area contributed by atoms with E-state index in [-0.39, 0.29) is 31.0 Å². The van der Waals surface area contributed by atoms with E-state index in [0.29, 0.717) is 31.0 Å². The van der Waals surface area contributed by atoms with Gasteiger partial charge in [0.05, 0.1) is 13.2 Å². The molecule has 1 aliphatic heterocycles. The van der Waals surface area contributed by atoms with Crippen molar-refractivity contribution in [1.29, 1.82) is 0 Å². The molecule has 1 saturated heterocycles. The summed E-state index contributed by atoms with van der Waals surface area (Å²) in [5, 5.41) is 9.00. The molecule has 1 unspecified atom stereocenters. The number of rotatable bonds is 6. The third-order valence-electron chi connectivity index (χ3n) is 4.06. The molecule has 2 aromatic carbocycles. The van der Waals surface area contributed by atoms with Gasteiger partial charge in [-0.1, -0.05) is 18.2 Å². The van der Waals surface area contributed by atoms with E-state index in [1.165, 1.54) is 12.1 Å². The van der Waals surface area contributed by atoms with Crippen LogP contribution >= 0.6 is 0 Å². The molecule has 6 heteroatoms. The summed E-state index contributed by atoms with van der Waals surface area (Å²) < 4.78 is 24.4. The first-order valence-electron chi connectivity index (χ1n) is 8.16. The Morgan fingerprint density at radius 3 is 2.72 bits per heavy atom. The largest absolute Gasteiger partial charge is 0.488 e. The van der Waals surface area contributed by atoms with Gasteiger partial charge in [-0.15, -0.1) is 0 Å². The molecule has 1 N–H and O–H groups in total. The number of hydrogen-bond acceptors (Lipinski definition) is 4. The highest BCUT2D eigenvalue weighted by Gasteiger charge is 2.27. The smallest absolute Gasteiger partial charge is 0.260 e. The van der Waals surface area contributed by atoms with Crippen LogP contribution in [0.5, 0.6) is 11.5 Å². The summed E-state index contributed by atoms with van der Waals surface area (Å²) in [5.74, 6) is 0.595. The van der Waals surface area contributed by atoms with Gasteiger partial charge in [-0.05, 0) is 29.8 Å². The number of carbonyl (C=O) groups is 1. The molecule has 1 atom stereocenters. The zero-order valence-electron chi connectivity index (χ0n) is 13.7. The minimum Gasteiger partial charge on any atom is -0.488 e. The standard InChI is InChI=1S/C19H20FNO4/c20-15-2-1-3-17(10-15)25-18-8-9-21(11-18)19(23)13-24-16-6-4-14(12-22)5-7-16/h1-7,10,18,22H,8-9,11-13H2. The van der Waals surface area contributed by atoms with Crippen molar-refractivity contribution in [2.75, 3.05) is 19.7 Å². The molecule has 0 spiro atoms. The molecule has 5 nitrogen and oxygen atoms in total. The lowest BCUT2D eigenvalue weighted by Gasteiger charge is -2.17. The molecule has 0 bridgehead atoms. The van der Waals surface area contributed by atoms with Crippen molar-refractivity contribution < 1.29 is 23.8 Å². The normalized spacial score (nSPS) is 16.7. The number of carbonyl (C=O) groups excluding carboxylic acids is 1. The number of aliphatic hydroxyl groups excluding tert-OH is 1. The Labute approximate surface area is 145 Å². The van der Waals surface area contributed by atoms with Crippen LogP contribution in [0.25, 0.3) is 0 Å². The summed E-state index contributed by atoms with van der Waals surface area (Å²) in [4.78, 5) is 13.9. The topological polar surface area (TPSA) is 59.0 Å². The van der Waals surface area contributed by atoms with Gasteiger partial charge in [-0.3, -0.25) is 4.79 Å². The maximum atomic E-state index is 13.2. The molecule has 3 rings (SSSR count). The minimum absolute atomic E-state index is 0.0281. The van der Waals surface area contributed by atoms with E-state index in [1.807, 2.05) is 0 Å². The predicted octanol–water partition coefficient (Wildman–Crippen LogP) is 2.38. The summed E-state index contributed by atoms with van der Waals surface area (Å²) in [6, 6.07) is 12.9. The van der Waals surface area contributed by atoms with Crippen LogP contribution in [0.15, 0.2) is 48.5 Å². The molecule has 1 heterocycles. The van der Waals surface area contributed by atoms with Crippen molar-refractivity contribution in [3.63, 3.8) is 0 Å². The van der Waals surface area contributed by atoms with Gasteiger partial charge < -0.3 is 19.5 Å². The molecular weight excluding hydrogens is 325 g/mol. The molecule has 0 aromatic heterocycles. The van der Waals surface area contributed by atoms with E-state index in [9.17, 15) is 9.18 Å². The number of likely N-dealkylation sites (tertiary alicyclic amines) is 1. The van der Waals surface area contributed by atoms with E-state index < -0.39 is 0 Å². The molecule has 1 fully saturated rings. The van der Waals surface area contributed by atoms with Crippen molar-refractivity contribution in [2.24, 2.45) is 0 Å². The average molecular weight is 345 g/mol. The first-order chi connectivity index (χ1) is 12.1. The van der Waals surface area contributed by atoms with Crippen molar-refractivity contribution in [2.45, 2.75) is 19.1 Å². The second-order valence-corrected chi connectivity index (χ2v) is 5.92. The Morgan fingerprint density at radius 1 is 1.20 bits per heavy atom. The maximum absolute atomic E-state index is 13.2. The zero-order chi connectivity index (χ0) is 17.6. The maximum Gasteiger partial charge on any atom is 0.260 e. The second-order valence-electron chi connectivity index (χ2n) is 5.92. The molecule has 132 valence electrons. The van der Waals surface area contributed by atoms with Crippen LogP contribution < -0.4 is 9.47 Å². The summed E-state index contributed by atoms with van der Waals surface area (Å²) >= 11 is 0. The summed E-state index contributed by atoms with van der Waals surface area (Å²) in [7, 11) is 0. The predicted molar refractivity (Wildman–Crippen MR) is 89.9 cm³/mol. The number of aliphatic hydroxyl groups is 1. The molecule has 0 radical (unpaired) electrons. The van der Waals surface area contributed by atoms with Gasteiger partial charge >= 0.3 is 0 Å².